The zero-order chi connectivity index (χ0) is 29.8. The molecule has 0 bridgehead atoms. The summed E-state index contributed by atoms with van der Waals surface area (Å²) >= 11 is 0. The first-order valence-electron chi connectivity index (χ1n) is 11.9. The largest absolute Gasteiger partial charge is 1.00 e. The van der Waals surface area contributed by atoms with Crippen LogP contribution in [0.2, 0.25) is 0 Å². The Morgan fingerprint density at radius 2 is 1.58 bits per heavy atom. The molecule has 0 unspecified atom stereocenters. The van der Waals surface area contributed by atoms with E-state index in [-0.39, 0.29) is 87.7 Å². The van der Waals surface area contributed by atoms with Gasteiger partial charge in [0.15, 0.2) is 5.84 Å². The summed E-state index contributed by atoms with van der Waals surface area (Å²) in [6.07, 6.45) is 1.47. The van der Waals surface area contributed by atoms with Gasteiger partial charge in [-0.15, -0.1) is 0 Å². The summed E-state index contributed by atoms with van der Waals surface area (Å²) in [6, 6.07) is 18.9. The molecule has 1 saturated heterocycles. The number of amides is 1. The summed E-state index contributed by atoms with van der Waals surface area (Å²) in [7, 11) is -7.20. The zero-order valence-corrected chi connectivity index (χ0v) is 29.0. The van der Waals surface area contributed by atoms with Gasteiger partial charge in [0.25, 0.3) is 16.0 Å². The van der Waals surface area contributed by atoms with Gasteiger partial charge in [-0.25, -0.2) is 23.4 Å². The Bertz CT molecular complexity index is 1750. The van der Waals surface area contributed by atoms with Crippen molar-refractivity contribution in [2.45, 2.75) is 4.90 Å². The molecular weight excluding hydrogens is 620 g/mol. The SMILES string of the molecule is CN(CCS(=O)(=O)[O-])c1ccc(/C=C2/C(=O)N(c3ccc(S(=O)(=O)O)cc3)NC2=NC([O-])=Nc2ccccc2)cc1.[Na+].[Na+]. The van der Waals surface area contributed by atoms with Crippen molar-refractivity contribution in [2.24, 2.45) is 9.98 Å². The van der Waals surface area contributed by atoms with E-state index in [0.29, 0.717) is 16.9 Å². The number of benzene rings is 3. The van der Waals surface area contributed by atoms with E-state index >= 15 is 0 Å². The second-order valence-electron chi connectivity index (χ2n) is 8.74. The van der Waals surface area contributed by atoms with Crippen LogP contribution in [0.3, 0.4) is 0 Å². The number of anilines is 2. The quantitative estimate of drug-likeness (QED) is 0.0792. The molecule has 214 valence electrons. The van der Waals surface area contributed by atoms with Crippen LogP contribution in [-0.4, -0.2) is 63.1 Å². The van der Waals surface area contributed by atoms with Gasteiger partial charge < -0.3 is 14.6 Å². The van der Waals surface area contributed by atoms with Crippen molar-refractivity contribution in [1.82, 2.24) is 5.43 Å². The minimum atomic E-state index is -4.45. The topological polar surface area (TPSA) is 195 Å². The van der Waals surface area contributed by atoms with E-state index in [1.807, 2.05) is 0 Å². The van der Waals surface area contributed by atoms with E-state index in [9.17, 15) is 35.8 Å². The normalized spacial score (nSPS) is 15.6. The fourth-order valence-electron chi connectivity index (χ4n) is 3.71. The summed E-state index contributed by atoms with van der Waals surface area (Å²) in [5.41, 5.74) is 4.46. The first kappa shape index (κ1) is 36.6. The van der Waals surface area contributed by atoms with Crippen LogP contribution < -0.4 is 79.6 Å². The number of nitrogens with one attached hydrogen (secondary N) is 1. The molecule has 1 aliphatic heterocycles. The molecule has 0 atom stereocenters. The molecule has 1 fully saturated rings. The number of hydrazine groups is 1. The molecule has 0 spiro atoms. The van der Waals surface area contributed by atoms with Gasteiger partial charge in [-0.1, -0.05) is 30.3 Å². The summed E-state index contributed by atoms with van der Waals surface area (Å²) in [5, 5.41) is 13.7. The number of amidine groups is 2. The predicted octanol–water partition coefficient (Wildman–Crippen LogP) is -4.70. The Labute approximate surface area is 293 Å². The number of carbonyl (C=O) groups excluding carboxylic acids is 1. The molecule has 1 aliphatic rings. The molecule has 4 rings (SSSR count). The van der Waals surface area contributed by atoms with Crippen molar-refractivity contribution in [3.63, 3.8) is 0 Å². The summed E-state index contributed by atoms with van der Waals surface area (Å²) in [4.78, 5) is 22.5. The molecule has 43 heavy (non-hydrogen) atoms. The number of aliphatic imine (C=N–C) groups is 2. The Balaban J connectivity index is 0.00000323. The number of hydrogen-bond acceptors (Lipinski definition) is 9. The molecule has 3 aromatic rings. The molecule has 3 aromatic carbocycles. The molecule has 1 heterocycles. The maximum atomic E-state index is 13.4. The van der Waals surface area contributed by atoms with Crippen LogP contribution in [0, 0.1) is 0 Å². The monoisotopic (exact) mass is 643 g/mol. The third kappa shape index (κ3) is 10.2. The third-order valence-corrected chi connectivity index (χ3v) is 7.36. The van der Waals surface area contributed by atoms with Gasteiger partial charge in [0.05, 0.1) is 43.7 Å². The van der Waals surface area contributed by atoms with Gasteiger partial charge in [0.1, 0.15) is 0 Å². The fraction of sp³-hybridized carbons (Fsp3) is 0.115. The fourth-order valence-corrected chi connectivity index (χ4v) is 4.68. The van der Waals surface area contributed by atoms with Gasteiger partial charge in [-0.2, -0.15) is 8.42 Å². The number of hydrogen-bond donors (Lipinski definition) is 2. The van der Waals surface area contributed by atoms with Crippen LogP contribution in [0.5, 0.6) is 0 Å². The maximum absolute atomic E-state index is 13.4. The van der Waals surface area contributed by atoms with E-state index in [1.54, 1.807) is 66.5 Å². The number of rotatable bonds is 8. The Morgan fingerprint density at radius 3 is 2.14 bits per heavy atom. The summed E-state index contributed by atoms with van der Waals surface area (Å²) < 4.78 is 64.8. The van der Waals surface area contributed by atoms with E-state index < -0.39 is 37.9 Å². The maximum Gasteiger partial charge on any atom is 1.00 e. The smallest absolute Gasteiger partial charge is 0.844 e. The minimum Gasteiger partial charge on any atom is -0.844 e. The van der Waals surface area contributed by atoms with E-state index in [0.717, 1.165) is 17.1 Å². The van der Waals surface area contributed by atoms with Gasteiger partial charge in [-0.3, -0.25) is 14.8 Å². The zero-order valence-electron chi connectivity index (χ0n) is 23.4. The molecule has 1 amide bonds. The van der Waals surface area contributed by atoms with Crippen LogP contribution in [0.4, 0.5) is 17.1 Å². The molecule has 2 N–H and O–H groups in total. The molecule has 17 heteroatoms. The minimum absolute atomic E-state index is 0. The van der Waals surface area contributed by atoms with Gasteiger partial charge in [0, 0.05) is 19.3 Å². The third-order valence-electron chi connectivity index (χ3n) is 5.81. The summed E-state index contributed by atoms with van der Waals surface area (Å²) in [6.45, 7) is -0.0101. The second kappa shape index (κ2) is 15.4. The van der Waals surface area contributed by atoms with E-state index in [1.165, 1.54) is 18.2 Å². The van der Waals surface area contributed by atoms with Crippen molar-refractivity contribution in [3.05, 3.63) is 90.0 Å². The van der Waals surface area contributed by atoms with Crippen LogP contribution in [0.1, 0.15) is 5.56 Å². The average molecular weight is 644 g/mol. The van der Waals surface area contributed by atoms with Crippen LogP contribution in [0.15, 0.2) is 99.3 Å². The predicted molar refractivity (Wildman–Crippen MR) is 150 cm³/mol. The molecule has 0 aromatic heterocycles. The van der Waals surface area contributed by atoms with Crippen molar-refractivity contribution >= 4 is 61.1 Å². The van der Waals surface area contributed by atoms with Crippen LogP contribution in [0.25, 0.3) is 6.08 Å². The van der Waals surface area contributed by atoms with Crippen molar-refractivity contribution < 1.29 is 95.0 Å². The summed E-state index contributed by atoms with van der Waals surface area (Å²) in [5.74, 6) is -1.28. The first-order valence-corrected chi connectivity index (χ1v) is 14.9. The van der Waals surface area contributed by atoms with Gasteiger partial charge >= 0.3 is 59.1 Å². The van der Waals surface area contributed by atoms with Gasteiger partial charge in [0.2, 0.25) is 0 Å². The average Bonchev–Trinajstić information content (AvgIpc) is 3.21. The van der Waals surface area contributed by atoms with Crippen molar-refractivity contribution in [2.75, 3.05) is 29.3 Å². The molecule has 0 aliphatic carbocycles. The van der Waals surface area contributed by atoms with Crippen molar-refractivity contribution in [3.8, 4) is 0 Å². The number of carbonyl (C=O) groups is 1. The second-order valence-corrected chi connectivity index (χ2v) is 11.7. The van der Waals surface area contributed by atoms with Crippen LogP contribution in [-0.2, 0) is 25.0 Å². The van der Waals surface area contributed by atoms with E-state index in [4.69, 9.17) is 0 Å². The Hall–Kier alpha value is -2.57. The molecule has 13 nitrogen and oxygen atoms in total. The van der Waals surface area contributed by atoms with Crippen molar-refractivity contribution in [1.29, 1.82) is 0 Å². The number of para-hydroxylation sites is 1. The molecular formula is C26H23N5Na2O8S2. The number of nitrogens with zero attached hydrogens (tertiary/aromatic N) is 4. The van der Waals surface area contributed by atoms with E-state index in [2.05, 4.69) is 15.4 Å². The standard InChI is InChI=1S/C26H25N5O8S2.2Na/c1-30(15-16-40(34,35)36)20-9-7-18(8-10-20)17-23-24(28-26(33)27-19-5-3-2-4-6-19)29-31(25(23)32)21-11-13-22(14-12-21)41(37,38)39;;/h2-14,17H,15-16H2,1H3,(H,34,35,36)(H,37,38,39)(H2,27,28,29,33);;/q;2*+1/p-2/b23-17+;;. The Kier molecular flexibility index (Phi) is 13.1. The van der Waals surface area contributed by atoms with Crippen LogP contribution >= 0.6 is 0 Å². The first-order chi connectivity index (χ1) is 19.3. The molecule has 0 saturated carbocycles. The Morgan fingerprint density at radius 1 is 0.977 bits per heavy atom. The van der Waals surface area contributed by atoms with Gasteiger partial charge in [-0.05, 0) is 60.2 Å². The molecule has 0 radical (unpaired) electrons.